The van der Waals surface area contributed by atoms with Crippen LogP contribution in [0.3, 0.4) is 0 Å². The maximum atomic E-state index is 12.5. The smallest absolute Gasteiger partial charge is 0.292 e. The lowest BCUT2D eigenvalue weighted by Crippen LogP contribution is -2.49. The average Bonchev–Trinajstić information content (AvgIpc) is 3.03. The van der Waals surface area contributed by atoms with Gasteiger partial charge in [0.15, 0.2) is 0 Å². The zero-order valence-electron chi connectivity index (χ0n) is 14.1. The SMILES string of the molecule is Cc1cc(C(=O)N2CC[C@H](Oc3ccccc3)[C@@H](CC(N)=O)C2)on1. The zero-order chi connectivity index (χ0) is 17.8. The minimum absolute atomic E-state index is 0.163. The number of carbonyl (C=O) groups is 2. The molecule has 0 unspecified atom stereocenters. The van der Waals surface area contributed by atoms with Crippen molar-refractivity contribution < 1.29 is 18.8 Å². The van der Waals surface area contributed by atoms with Gasteiger partial charge in [0, 0.05) is 37.9 Å². The van der Waals surface area contributed by atoms with Crippen molar-refractivity contribution in [2.24, 2.45) is 11.7 Å². The Morgan fingerprint density at radius 3 is 2.76 bits per heavy atom. The summed E-state index contributed by atoms with van der Waals surface area (Å²) in [5.41, 5.74) is 6.04. The van der Waals surface area contributed by atoms with Crippen molar-refractivity contribution in [3.8, 4) is 5.75 Å². The number of nitrogens with two attached hydrogens (primary N) is 1. The van der Waals surface area contributed by atoms with Crippen molar-refractivity contribution in [1.82, 2.24) is 10.1 Å². The molecule has 7 nitrogen and oxygen atoms in total. The number of amides is 2. The van der Waals surface area contributed by atoms with E-state index in [0.29, 0.717) is 25.2 Å². The molecule has 2 heterocycles. The van der Waals surface area contributed by atoms with Crippen molar-refractivity contribution >= 4 is 11.8 Å². The first-order valence-corrected chi connectivity index (χ1v) is 8.25. The molecule has 2 N–H and O–H groups in total. The highest BCUT2D eigenvalue weighted by atomic mass is 16.5. The van der Waals surface area contributed by atoms with Gasteiger partial charge in [0.25, 0.3) is 5.91 Å². The number of aryl methyl sites for hydroxylation is 1. The van der Waals surface area contributed by atoms with Crippen LogP contribution in [0.2, 0.25) is 0 Å². The lowest BCUT2D eigenvalue weighted by Gasteiger charge is -2.37. The number of rotatable bonds is 5. The number of aromatic nitrogens is 1. The minimum Gasteiger partial charge on any atom is -0.490 e. The molecule has 1 aromatic heterocycles. The summed E-state index contributed by atoms with van der Waals surface area (Å²) in [4.78, 5) is 25.7. The van der Waals surface area contributed by atoms with Gasteiger partial charge in [-0.15, -0.1) is 0 Å². The lowest BCUT2D eigenvalue weighted by atomic mass is 9.91. The number of ether oxygens (including phenoxy) is 1. The number of hydrogen-bond acceptors (Lipinski definition) is 5. The second-order valence-electron chi connectivity index (χ2n) is 6.27. The number of piperidine rings is 1. The summed E-state index contributed by atoms with van der Waals surface area (Å²) in [6.45, 7) is 2.67. The molecule has 0 spiro atoms. The fourth-order valence-electron chi connectivity index (χ4n) is 3.10. The fraction of sp³-hybridized carbons (Fsp3) is 0.389. The Bertz CT molecular complexity index is 744. The largest absolute Gasteiger partial charge is 0.490 e. The van der Waals surface area contributed by atoms with Crippen LogP contribution < -0.4 is 10.5 Å². The van der Waals surface area contributed by atoms with Crippen molar-refractivity contribution in [2.75, 3.05) is 13.1 Å². The second-order valence-corrected chi connectivity index (χ2v) is 6.27. The van der Waals surface area contributed by atoms with Gasteiger partial charge in [-0.3, -0.25) is 9.59 Å². The molecule has 1 fully saturated rings. The van der Waals surface area contributed by atoms with Crippen LogP contribution in [0.25, 0.3) is 0 Å². The predicted molar refractivity (Wildman–Crippen MR) is 89.9 cm³/mol. The van der Waals surface area contributed by atoms with Gasteiger partial charge in [-0.2, -0.15) is 0 Å². The molecule has 0 saturated carbocycles. The number of likely N-dealkylation sites (tertiary alicyclic amines) is 1. The van der Waals surface area contributed by atoms with Crippen LogP contribution in [-0.4, -0.2) is 41.1 Å². The summed E-state index contributed by atoms with van der Waals surface area (Å²) in [5.74, 6) is 0.148. The molecule has 0 radical (unpaired) electrons. The van der Waals surface area contributed by atoms with E-state index in [1.165, 1.54) is 0 Å². The topological polar surface area (TPSA) is 98.7 Å². The summed E-state index contributed by atoms with van der Waals surface area (Å²) in [6.07, 6.45) is 0.609. The molecule has 0 aliphatic carbocycles. The van der Waals surface area contributed by atoms with E-state index in [0.717, 1.165) is 5.75 Å². The van der Waals surface area contributed by atoms with Gasteiger partial charge in [0.05, 0.1) is 5.69 Å². The third-order valence-electron chi connectivity index (χ3n) is 4.28. The monoisotopic (exact) mass is 343 g/mol. The minimum atomic E-state index is -0.406. The highest BCUT2D eigenvalue weighted by Gasteiger charge is 2.35. The Morgan fingerprint density at radius 2 is 2.12 bits per heavy atom. The summed E-state index contributed by atoms with van der Waals surface area (Å²) >= 11 is 0. The van der Waals surface area contributed by atoms with Gasteiger partial charge in [-0.1, -0.05) is 23.4 Å². The molecule has 1 saturated heterocycles. The molecular formula is C18H21N3O4. The highest BCUT2D eigenvalue weighted by molar-refractivity contribution is 5.91. The van der Waals surface area contributed by atoms with Gasteiger partial charge in [-0.05, 0) is 19.1 Å². The Morgan fingerprint density at radius 1 is 1.36 bits per heavy atom. The number of carbonyl (C=O) groups excluding carboxylic acids is 2. The molecule has 0 bridgehead atoms. The first-order valence-electron chi connectivity index (χ1n) is 8.25. The summed E-state index contributed by atoms with van der Waals surface area (Å²) in [7, 11) is 0. The quantitative estimate of drug-likeness (QED) is 0.892. The van der Waals surface area contributed by atoms with E-state index in [2.05, 4.69) is 5.16 Å². The Hall–Kier alpha value is -2.83. The average molecular weight is 343 g/mol. The second kappa shape index (κ2) is 7.38. The van der Waals surface area contributed by atoms with Gasteiger partial charge in [-0.25, -0.2) is 0 Å². The standard InChI is InChI=1S/C18H21N3O4/c1-12-9-16(25-20-12)18(23)21-8-7-15(13(11-21)10-17(19)22)24-14-5-3-2-4-6-14/h2-6,9,13,15H,7-8,10-11H2,1H3,(H2,19,22)/t13-,15-/m0/s1. The van der Waals surface area contributed by atoms with E-state index >= 15 is 0 Å². The normalized spacial score (nSPS) is 20.3. The van der Waals surface area contributed by atoms with E-state index in [4.69, 9.17) is 15.0 Å². The van der Waals surface area contributed by atoms with Crippen molar-refractivity contribution in [1.29, 1.82) is 0 Å². The molecule has 25 heavy (non-hydrogen) atoms. The lowest BCUT2D eigenvalue weighted by molar-refractivity contribution is -0.120. The number of hydrogen-bond donors (Lipinski definition) is 1. The molecule has 132 valence electrons. The van der Waals surface area contributed by atoms with E-state index in [-0.39, 0.29) is 30.1 Å². The van der Waals surface area contributed by atoms with Crippen molar-refractivity contribution in [3.63, 3.8) is 0 Å². The first-order chi connectivity index (χ1) is 12.0. The Labute approximate surface area is 145 Å². The van der Waals surface area contributed by atoms with Crippen LogP contribution in [0.4, 0.5) is 0 Å². The van der Waals surface area contributed by atoms with E-state index in [9.17, 15) is 9.59 Å². The van der Waals surface area contributed by atoms with Crippen LogP contribution in [0.1, 0.15) is 29.1 Å². The number of para-hydroxylation sites is 1. The molecule has 7 heteroatoms. The molecule has 1 aliphatic rings. The fourth-order valence-corrected chi connectivity index (χ4v) is 3.10. The van der Waals surface area contributed by atoms with Crippen LogP contribution in [0.5, 0.6) is 5.75 Å². The maximum Gasteiger partial charge on any atom is 0.292 e. The Kier molecular flexibility index (Phi) is 5.02. The summed E-state index contributed by atoms with van der Waals surface area (Å²) < 4.78 is 11.1. The van der Waals surface area contributed by atoms with E-state index < -0.39 is 5.91 Å². The van der Waals surface area contributed by atoms with Crippen LogP contribution in [-0.2, 0) is 4.79 Å². The Balaban J connectivity index is 1.71. The summed E-state index contributed by atoms with van der Waals surface area (Å²) in [5, 5.41) is 3.75. The van der Waals surface area contributed by atoms with E-state index in [1.807, 2.05) is 30.3 Å². The third kappa shape index (κ3) is 4.17. The van der Waals surface area contributed by atoms with Gasteiger partial charge >= 0.3 is 0 Å². The molecule has 1 aromatic carbocycles. The van der Waals surface area contributed by atoms with Gasteiger partial charge in [0.1, 0.15) is 11.9 Å². The zero-order valence-corrected chi connectivity index (χ0v) is 14.1. The molecule has 2 aromatic rings. The third-order valence-corrected chi connectivity index (χ3v) is 4.28. The van der Waals surface area contributed by atoms with Gasteiger partial charge in [0.2, 0.25) is 11.7 Å². The van der Waals surface area contributed by atoms with Crippen molar-refractivity contribution in [2.45, 2.75) is 25.9 Å². The number of nitrogens with zero attached hydrogens (tertiary/aromatic N) is 2. The summed E-state index contributed by atoms with van der Waals surface area (Å²) in [6, 6.07) is 11.0. The predicted octanol–water partition coefficient (Wildman–Crippen LogP) is 1.77. The van der Waals surface area contributed by atoms with Crippen LogP contribution in [0.15, 0.2) is 40.9 Å². The molecule has 2 atom stereocenters. The van der Waals surface area contributed by atoms with E-state index in [1.54, 1.807) is 17.9 Å². The number of primary amides is 1. The first kappa shape index (κ1) is 17.0. The molecule has 2 amide bonds. The molecule has 3 rings (SSSR count). The van der Waals surface area contributed by atoms with Crippen LogP contribution in [0, 0.1) is 12.8 Å². The van der Waals surface area contributed by atoms with Gasteiger partial charge < -0.3 is 19.9 Å². The highest BCUT2D eigenvalue weighted by Crippen LogP contribution is 2.26. The maximum absolute atomic E-state index is 12.5. The molecule has 1 aliphatic heterocycles. The van der Waals surface area contributed by atoms with Crippen LogP contribution >= 0.6 is 0 Å². The number of benzene rings is 1. The van der Waals surface area contributed by atoms with Crippen molar-refractivity contribution in [3.05, 3.63) is 47.9 Å². The molecular weight excluding hydrogens is 322 g/mol.